The highest BCUT2D eigenvalue weighted by Crippen LogP contribution is 2.44. The van der Waals surface area contributed by atoms with Gasteiger partial charge in [0.2, 0.25) is 50.1 Å². The number of sulfonamides is 5. The fraction of sp³-hybridized carbons (Fsp3) is 0.330. The number of piperidine rings is 5. The standard InChI is InChI=1S/C20H19ClF2N2O4S.C20H19F3N2O4S.C19H16Cl2F2N2O4S.C19H16ClF3N2O4S.C19H17F3N2O4S/c1-12-2-3-18-13(8-12)11-29-20(26)25(18)14-4-6-24(7-5-14)30(27,28)19-10-16(22)15(21)9-17(19)23;1-12-3-2-4-13-11-29-20(26)25(19(12)13)14-5-7-24(8-6-14)30(27,28)18-10-16(22)15(21)9-17(18)23;2*20-12-1-2-17-11(7-12)10-29-19(26)25(17)13-3-5-24(6-4-13)30(27,28)18-9-15(22)14(21)8-16(18)23;20-14-9-16(22)18(10-15(14)21)29(26,27)23-7-5-13(6-8-23)24-17-4-2-1-3-12(17)11-28-19(24)25/h2-3,8-10,14H,4-7,11H2,1H3;2-4,9-10,14H,5-8,11H2,1H3;2*1-2,7-9,13H,3-6,10H2;1-4,9-10,13H,5-8,11H2. The summed E-state index contributed by atoms with van der Waals surface area (Å²) in [5, 5.41) is 0.0427. The number of rotatable bonds is 15. The third-order valence-electron chi connectivity index (χ3n) is 26.6. The van der Waals surface area contributed by atoms with Gasteiger partial charge in [-0.15, -0.1) is 0 Å². The monoisotopic (exact) mass is 2260 g/mol. The maximum absolute atomic E-state index is 14.2. The number of carbonyl (C=O) groups is 5. The number of hydrogen-bond acceptors (Lipinski definition) is 20. The first-order chi connectivity index (χ1) is 70.5. The van der Waals surface area contributed by atoms with Crippen LogP contribution in [0.2, 0.25) is 20.1 Å². The molecule has 0 unspecified atom stereocenters. The van der Waals surface area contributed by atoms with E-state index in [1.165, 1.54) is 14.7 Å². The van der Waals surface area contributed by atoms with Gasteiger partial charge in [-0.05, 0) is 175 Å². The lowest BCUT2D eigenvalue weighted by Gasteiger charge is -2.40. The topological polar surface area (TPSA) is 335 Å². The molecule has 10 aromatic rings. The zero-order chi connectivity index (χ0) is 107. The Morgan fingerprint density at radius 2 is 0.490 bits per heavy atom. The maximum Gasteiger partial charge on any atom is 0.414 e. The molecule has 10 heterocycles. The predicted molar refractivity (Wildman–Crippen MR) is 516 cm³/mol. The van der Waals surface area contributed by atoms with Gasteiger partial charge < -0.3 is 23.7 Å². The number of halogens is 17. The van der Waals surface area contributed by atoms with Gasteiger partial charge in [0.15, 0.2) is 34.9 Å². The average molecular weight is 2260 g/mol. The Balaban J connectivity index is 0.000000133. The lowest BCUT2D eigenvalue weighted by molar-refractivity contribution is 0.135. The van der Waals surface area contributed by atoms with Gasteiger partial charge in [-0.25, -0.2) is 123 Å². The fourth-order valence-electron chi connectivity index (χ4n) is 19.1. The van der Waals surface area contributed by atoms with E-state index in [1.54, 1.807) is 58.3 Å². The van der Waals surface area contributed by atoms with Crippen molar-refractivity contribution in [3.05, 3.63) is 292 Å². The molecule has 149 heavy (non-hydrogen) atoms. The molecule has 0 N–H and O–H groups in total. The predicted octanol–water partition coefficient (Wildman–Crippen LogP) is 20.0. The number of carbonyl (C=O) groups excluding carboxylic acids is 5. The molecule has 5 fully saturated rings. The van der Waals surface area contributed by atoms with Crippen LogP contribution in [0.1, 0.15) is 103 Å². The maximum atomic E-state index is 14.2. The van der Waals surface area contributed by atoms with Crippen molar-refractivity contribution in [3.63, 3.8) is 0 Å². The lowest BCUT2D eigenvalue weighted by atomic mass is 10.00. The Morgan fingerprint density at radius 3 is 0.812 bits per heavy atom. The third kappa shape index (κ3) is 23.0. The van der Waals surface area contributed by atoms with Crippen molar-refractivity contribution in [2.75, 3.05) is 89.9 Å². The summed E-state index contributed by atoms with van der Waals surface area (Å²) in [6.07, 6.45) is 0.377. The molecule has 10 aromatic carbocycles. The van der Waals surface area contributed by atoms with Gasteiger partial charge in [0, 0.05) is 152 Å². The third-order valence-corrected chi connectivity index (χ3v) is 37.2. The smallest absolute Gasteiger partial charge is 0.414 e. The first kappa shape index (κ1) is 110. The number of aryl methyl sites for hydroxylation is 2. The van der Waals surface area contributed by atoms with Crippen molar-refractivity contribution in [1.82, 2.24) is 21.5 Å². The molecule has 0 atom stereocenters. The summed E-state index contributed by atoms with van der Waals surface area (Å²) in [5.41, 5.74) is 9.61. The van der Waals surface area contributed by atoms with Crippen LogP contribution in [-0.4, -0.2) is 190 Å². The molecule has 10 aliphatic heterocycles. The minimum absolute atomic E-state index is 0.00260. The highest BCUT2D eigenvalue weighted by Gasteiger charge is 2.47. The van der Waals surface area contributed by atoms with E-state index in [1.807, 2.05) is 62.4 Å². The van der Waals surface area contributed by atoms with E-state index in [2.05, 4.69) is 0 Å². The van der Waals surface area contributed by atoms with Crippen molar-refractivity contribution in [1.29, 1.82) is 0 Å². The second-order valence-corrected chi connectivity index (χ2v) is 46.9. The molecular formula is C97H87Cl4F13N10O20S5. The molecule has 0 bridgehead atoms. The Hall–Kier alpha value is -11.7. The Labute approximate surface area is 866 Å². The zero-order valence-electron chi connectivity index (χ0n) is 78.2. The van der Waals surface area contributed by atoms with Crippen LogP contribution >= 0.6 is 46.4 Å². The number of nitrogens with zero attached hydrogens (tertiary/aromatic N) is 10. The van der Waals surface area contributed by atoms with E-state index >= 15 is 0 Å². The first-order valence-corrected chi connectivity index (χ1v) is 54.6. The molecular weight excluding hydrogens is 2170 g/mol. The minimum Gasteiger partial charge on any atom is -0.444 e. The number of para-hydroxylation sites is 2. The Morgan fingerprint density at radius 1 is 0.248 bits per heavy atom. The van der Waals surface area contributed by atoms with Gasteiger partial charge in [0.1, 0.15) is 98.2 Å². The van der Waals surface area contributed by atoms with E-state index in [0.717, 1.165) is 77.5 Å². The van der Waals surface area contributed by atoms with Crippen molar-refractivity contribution in [3.8, 4) is 0 Å². The summed E-state index contributed by atoms with van der Waals surface area (Å²) >= 11 is 23.0. The molecule has 0 radical (unpaired) electrons. The van der Waals surface area contributed by atoms with Gasteiger partial charge in [-0.3, -0.25) is 24.5 Å². The van der Waals surface area contributed by atoms with E-state index in [9.17, 15) is 123 Å². The molecule has 10 aliphatic rings. The largest absolute Gasteiger partial charge is 0.444 e. The van der Waals surface area contributed by atoms with Crippen LogP contribution in [0, 0.1) is 89.5 Å². The highest BCUT2D eigenvalue weighted by molar-refractivity contribution is 7.90. The molecule has 52 heteroatoms. The van der Waals surface area contributed by atoms with Crippen molar-refractivity contribution in [2.24, 2.45) is 0 Å². The molecule has 794 valence electrons. The Bertz CT molecular complexity index is 7170. The number of ether oxygens (including phenoxy) is 5. The molecule has 30 nitrogen and oxygen atoms in total. The van der Waals surface area contributed by atoms with Crippen LogP contribution in [0.25, 0.3) is 0 Å². The SMILES string of the molecule is Cc1ccc2c(c1)COC(=O)N2C1CCN(S(=O)(=O)c2cc(F)c(Cl)cc2F)CC1.Cc1cccc2c1N(C1CCN(S(=O)(=O)c3cc(F)c(F)cc3F)CC1)C(=O)OC2.O=C1OCc2cc(Cl)ccc2N1C1CCN(S(=O)(=O)c2cc(F)c(Cl)cc2F)CC1.O=C1OCc2cc(Cl)ccc2N1C1CCN(S(=O)(=O)c2cc(F)c(F)cc2F)CC1.O=C1OCc2ccccc2N1C1CCN(S(=O)(=O)c2cc(F)c(F)cc2F)CC1. The van der Waals surface area contributed by atoms with Gasteiger partial charge in [-0.2, -0.15) is 21.5 Å². The summed E-state index contributed by atoms with van der Waals surface area (Å²) in [5.74, 6) is -17.0. The quantitative estimate of drug-likeness (QED) is 0.0523. The number of fused-ring (bicyclic) bond motifs is 5. The van der Waals surface area contributed by atoms with Crippen LogP contribution in [-0.2, 0) is 107 Å². The van der Waals surface area contributed by atoms with E-state index in [-0.39, 0.29) is 185 Å². The second-order valence-electron chi connectivity index (χ2n) is 35.7. The number of amides is 5. The normalized spacial score (nSPS) is 18.3. The summed E-state index contributed by atoms with van der Waals surface area (Å²) in [4.78, 5) is 65.3. The van der Waals surface area contributed by atoms with Crippen LogP contribution < -0.4 is 24.5 Å². The van der Waals surface area contributed by atoms with Crippen LogP contribution in [0.5, 0.6) is 0 Å². The Kier molecular flexibility index (Phi) is 33.0. The van der Waals surface area contributed by atoms with E-state index < -0.39 is 191 Å². The number of cyclic esters (lactones) is 5. The van der Waals surface area contributed by atoms with Crippen LogP contribution in [0.4, 0.5) is 109 Å². The van der Waals surface area contributed by atoms with Crippen LogP contribution in [0.3, 0.4) is 0 Å². The molecule has 0 aliphatic carbocycles. The van der Waals surface area contributed by atoms with Gasteiger partial charge in [-0.1, -0.05) is 100 Å². The summed E-state index contributed by atoms with van der Waals surface area (Å²) in [7, 11) is -21.6. The van der Waals surface area contributed by atoms with E-state index in [4.69, 9.17) is 70.1 Å². The molecule has 0 spiro atoms. The number of anilines is 5. The lowest BCUT2D eigenvalue weighted by Crippen LogP contribution is -2.50. The molecule has 5 amide bonds. The summed E-state index contributed by atoms with van der Waals surface area (Å²) in [6, 6.07) is 31.4. The summed E-state index contributed by atoms with van der Waals surface area (Å²) in [6.45, 7) is 4.69. The molecule has 0 saturated carbocycles. The van der Waals surface area contributed by atoms with Crippen molar-refractivity contribution in [2.45, 2.75) is 166 Å². The van der Waals surface area contributed by atoms with Crippen molar-refractivity contribution < 1.29 is 147 Å². The van der Waals surface area contributed by atoms with Gasteiger partial charge in [0.25, 0.3) is 0 Å². The second kappa shape index (κ2) is 44.7. The van der Waals surface area contributed by atoms with Gasteiger partial charge >= 0.3 is 30.5 Å². The average Bonchev–Trinajstić information content (AvgIpc) is 0.763. The molecule has 20 rings (SSSR count). The zero-order valence-corrected chi connectivity index (χ0v) is 85.3. The van der Waals surface area contributed by atoms with Crippen molar-refractivity contribution >= 4 is 155 Å². The van der Waals surface area contributed by atoms with Gasteiger partial charge in [0.05, 0.1) is 38.5 Å². The fourth-order valence-corrected chi connectivity index (χ4v) is 27.4. The first-order valence-electron chi connectivity index (χ1n) is 45.9. The van der Waals surface area contributed by atoms with E-state index in [0.29, 0.717) is 89.6 Å². The molecule has 5 saturated heterocycles. The van der Waals surface area contributed by atoms with Crippen LogP contribution in [0.15, 0.2) is 182 Å². The highest BCUT2D eigenvalue weighted by atomic mass is 35.5. The molecule has 0 aromatic heterocycles. The minimum atomic E-state index is -4.37. The summed E-state index contributed by atoms with van der Waals surface area (Å²) < 4.78 is 337. The number of hydrogen-bond donors (Lipinski definition) is 0. The number of benzene rings is 10.